The number of carbonyl (C=O) groups is 1. The van der Waals surface area contributed by atoms with Crippen LogP contribution in [0.25, 0.3) is 0 Å². The number of aromatic amines is 1. The smallest absolute Gasteiger partial charge is 0.255 e. The Labute approximate surface area is 101 Å². The first-order valence-electron chi connectivity index (χ1n) is 5.51. The summed E-state index contributed by atoms with van der Waals surface area (Å²) in [7, 11) is 0. The standard InChI is InChI=1S/C14H14N2O/c1-10-5-6-12(8-11(10)2)14(17)16-13-4-3-7-15-9-13/h3-9H,1-2H3,(H,16,17)/p+1. The minimum absolute atomic E-state index is 0.0901. The topological polar surface area (TPSA) is 43.2 Å². The molecule has 0 radical (unpaired) electrons. The van der Waals surface area contributed by atoms with Crippen LogP contribution in [-0.4, -0.2) is 5.91 Å². The van der Waals surface area contributed by atoms with Crippen LogP contribution in [0.15, 0.2) is 42.7 Å². The molecule has 2 aromatic rings. The molecule has 0 aliphatic rings. The number of nitrogens with one attached hydrogen (secondary N) is 2. The Hall–Kier alpha value is -2.16. The van der Waals surface area contributed by atoms with E-state index in [0.717, 1.165) is 11.3 Å². The lowest BCUT2D eigenvalue weighted by atomic mass is 10.1. The first-order chi connectivity index (χ1) is 8.16. The van der Waals surface area contributed by atoms with Crippen molar-refractivity contribution in [3.8, 4) is 0 Å². The van der Waals surface area contributed by atoms with Gasteiger partial charge >= 0.3 is 0 Å². The Kier molecular flexibility index (Phi) is 3.19. The quantitative estimate of drug-likeness (QED) is 0.841. The van der Waals surface area contributed by atoms with E-state index >= 15 is 0 Å². The van der Waals surface area contributed by atoms with E-state index in [-0.39, 0.29) is 5.91 Å². The molecule has 2 rings (SSSR count). The fourth-order valence-corrected chi connectivity index (χ4v) is 1.56. The second-order valence-corrected chi connectivity index (χ2v) is 4.05. The molecule has 2 N–H and O–H groups in total. The molecule has 0 unspecified atom stereocenters. The van der Waals surface area contributed by atoms with E-state index in [2.05, 4.69) is 10.3 Å². The van der Waals surface area contributed by atoms with Gasteiger partial charge in [-0.1, -0.05) is 6.07 Å². The lowest BCUT2D eigenvalue weighted by Gasteiger charge is -2.05. The van der Waals surface area contributed by atoms with E-state index < -0.39 is 0 Å². The van der Waals surface area contributed by atoms with Crippen LogP contribution >= 0.6 is 0 Å². The van der Waals surface area contributed by atoms with Gasteiger partial charge in [0.2, 0.25) is 0 Å². The Balaban J connectivity index is 2.18. The van der Waals surface area contributed by atoms with Gasteiger partial charge in [-0.25, -0.2) is 4.98 Å². The van der Waals surface area contributed by atoms with Gasteiger partial charge in [-0.2, -0.15) is 0 Å². The summed E-state index contributed by atoms with van der Waals surface area (Å²) < 4.78 is 0. The van der Waals surface area contributed by atoms with Crippen molar-refractivity contribution >= 4 is 11.6 Å². The number of aryl methyl sites for hydroxylation is 2. The Bertz CT molecular complexity index is 535. The molecule has 86 valence electrons. The molecule has 0 fully saturated rings. The number of anilines is 1. The molecule has 0 atom stereocenters. The fourth-order valence-electron chi connectivity index (χ4n) is 1.56. The summed E-state index contributed by atoms with van der Waals surface area (Å²) in [6.45, 7) is 4.03. The van der Waals surface area contributed by atoms with Crippen LogP contribution in [0.1, 0.15) is 21.5 Å². The number of hydrogen-bond acceptors (Lipinski definition) is 1. The molecule has 1 aromatic heterocycles. The van der Waals surface area contributed by atoms with E-state index in [4.69, 9.17) is 0 Å². The lowest BCUT2D eigenvalue weighted by Crippen LogP contribution is -2.14. The summed E-state index contributed by atoms with van der Waals surface area (Å²) in [6.07, 6.45) is 3.55. The highest BCUT2D eigenvalue weighted by atomic mass is 16.1. The van der Waals surface area contributed by atoms with Gasteiger partial charge < -0.3 is 5.32 Å². The van der Waals surface area contributed by atoms with Crippen molar-refractivity contribution in [3.05, 3.63) is 59.4 Å². The summed E-state index contributed by atoms with van der Waals surface area (Å²) in [6, 6.07) is 9.38. The Morgan fingerprint density at radius 2 is 2.00 bits per heavy atom. The summed E-state index contributed by atoms with van der Waals surface area (Å²) in [5.74, 6) is -0.0901. The van der Waals surface area contributed by atoms with Gasteiger partial charge in [0, 0.05) is 11.6 Å². The van der Waals surface area contributed by atoms with Gasteiger partial charge in [-0.3, -0.25) is 4.79 Å². The molecular formula is C14H15N2O+. The van der Waals surface area contributed by atoms with Gasteiger partial charge in [0.15, 0.2) is 12.4 Å². The van der Waals surface area contributed by atoms with E-state index in [0.29, 0.717) is 5.56 Å². The third kappa shape index (κ3) is 2.69. The summed E-state index contributed by atoms with van der Waals surface area (Å²) in [4.78, 5) is 14.9. The van der Waals surface area contributed by atoms with Gasteiger partial charge in [-0.15, -0.1) is 0 Å². The number of rotatable bonds is 2. The number of H-pyrrole nitrogens is 1. The largest absolute Gasteiger partial charge is 0.317 e. The number of carbonyl (C=O) groups excluding carboxylic acids is 1. The van der Waals surface area contributed by atoms with Crippen molar-refractivity contribution < 1.29 is 9.78 Å². The molecule has 17 heavy (non-hydrogen) atoms. The zero-order chi connectivity index (χ0) is 12.3. The zero-order valence-corrected chi connectivity index (χ0v) is 9.95. The van der Waals surface area contributed by atoms with Gasteiger partial charge in [0.1, 0.15) is 5.69 Å². The van der Waals surface area contributed by atoms with Crippen molar-refractivity contribution in [2.75, 3.05) is 5.32 Å². The predicted octanol–water partition coefficient (Wildman–Crippen LogP) is 2.37. The maximum atomic E-state index is 12.0. The van der Waals surface area contributed by atoms with Crippen LogP contribution < -0.4 is 10.3 Å². The summed E-state index contributed by atoms with van der Waals surface area (Å²) in [5, 5.41) is 2.83. The highest BCUT2D eigenvalue weighted by Gasteiger charge is 2.07. The second-order valence-electron chi connectivity index (χ2n) is 4.05. The first kappa shape index (κ1) is 11.3. The van der Waals surface area contributed by atoms with Crippen molar-refractivity contribution in [2.45, 2.75) is 13.8 Å². The number of amides is 1. The molecule has 1 amide bonds. The van der Waals surface area contributed by atoms with Crippen LogP contribution in [0.3, 0.4) is 0 Å². The van der Waals surface area contributed by atoms with E-state index in [1.165, 1.54) is 5.56 Å². The van der Waals surface area contributed by atoms with Crippen molar-refractivity contribution in [1.82, 2.24) is 0 Å². The molecule has 0 saturated carbocycles. The Morgan fingerprint density at radius 3 is 2.65 bits per heavy atom. The third-order valence-corrected chi connectivity index (χ3v) is 2.73. The van der Waals surface area contributed by atoms with Gasteiger partial charge in [0.25, 0.3) is 5.91 Å². The summed E-state index contributed by atoms with van der Waals surface area (Å²) >= 11 is 0. The molecule has 0 aliphatic heterocycles. The van der Waals surface area contributed by atoms with E-state index in [1.807, 2.05) is 44.2 Å². The number of benzene rings is 1. The third-order valence-electron chi connectivity index (χ3n) is 2.73. The molecule has 3 nitrogen and oxygen atoms in total. The fraction of sp³-hybridized carbons (Fsp3) is 0.143. The van der Waals surface area contributed by atoms with Gasteiger partial charge in [0.05, 0.1) is 0 Å². The maximum absolute atomic E-state index is 12.0. The minimum atomic E-state index is -0.0901. The second kappa shape index (κ2) is 4.78. The molecule has 0 aliphatic carbocycles. The molecular weight excluding hydrogens is 212 g/mol. The number of pyridine rings is 1. The highest BCUT2D eigenvalue weighted by Crippen LogP contribution is 2.11. The molecule has 0 saturated heterocycles. The van der Waals surface area contributed by atoms with Crippen molar-refractivity contribution in [2.24, 2.45) is 0 Å². The molecule has 0 bridgehead atoms. The van der Waals surface area contributed by atoms with E-state index in [9.17, 15) is 4.79 Å². The number of hydrogen-bond donors (Lipinski definition) is 1. The minimum Gasteiger partial charge on any atom is -0.317 e. The average molecular weight is 227 g/mol. The highest BCUT2D eigenvalue weighted by molar-refractivity contribution is 6.04. The predicted molar refractivity (Wildman–Crippen MR) is 66.9 cm³/mol. The van der Waals surface area contributed by atoms with Crippen LogP contribution in [0.4, 0.5) is 5.69 Å². The van der Waals surface area contributed by atoms with Crippen molar-refractivity contribution in [3.63, 3.8) is 0 Å². The average Bonchev–Trinajstić information content (AvgIpc) is 2.34. The molecule has 0 spiro atoms. The zero-order valence-electron chi connectivity index (χ0n) is 9.95. The SMILES string of the molecule is Cc1ccc(C(=O)Nc2ccc[nH+]c2)cc1C. The van der Waals surface area contributed by atoms with Crippen LogP contribution in [0, 0.1) is 13.8 Å². The van der Waals surface area contributed by atoms with Gasteiger partial charge in [-0.05, 0) is 43.2 Å². The summed E-state index contributed by atoms with van der Waals surface area (Å²) in [5.41, 5.74) is 3.75. The molecule has 1 aromatic carbocycles. The normalized spacial score (nSPS) is 10.0. The van der Waals surface area contributed by atoms with E-state index in [1.54, 1.807) is 12.4 Å². The lowest BCUT2D eigenvalue weighted by molar-refractivity contribution is -0.377. The van der Waals surface area contributed by atoms with Crippen LogP contribution in [0.2, 0.25) is 0 Å². The molecule has 1 heterocycles. The van der Waals surface area contributed by atoms with Crippen LogP contribution in [0.5, 0.6) is 0 Å². The van der Waals surface area contributed by atoms with Crippen molar-refractivity contribution in [1.29, 1.82) is 0 Å². The molecule has 3 heteroatoms. The van der Waals surface area contributed by atoms with Crippen LogP contribution in [-0.2, 0) is 0 Å². The number of aromatic nitrogens is 1. The maximum Gasteiger partial charge on any atom is 0.255 e. The Morgan fingerprint density at radius 1 is 1.18 bits per heavy atom. The first-order valence-corrected chi connectivity index (χ1v) is 5.51. The monoisotopic (exact) mass is 227 g/mol.